The van der Waals surface area contributed by atoms with Gasteiger partial charge in [0.2, 0.25) is 0 Å². The highest BCUT2D eigenvalue weighted by Gasteiger charge is 2.34. The number of aromatic nitrogens is 8. The van der Waals surface area contributed by atoms with E-state index >= 15 is 0 Å². The molecular weight excluding hydrogens is 1600 g/mol. The molecule has 0 fully saturated rings. The minimum absolute atomic E-state index is 0. The predicted octanol–water partition coefficient (Wildman–Crippen LogP) is 9.07. The minimum Gasteiger partial charge on any atom is -0.478 e. The highest BCUT2D eigenvalue weighted by Crippen LogP contribution is 2.28. The van der Waals surface area contributed by atoms with E-state index in [1.807, 2.05) is 66.7 Å². The molecule has 12 aromatic rings. The number of Topliss-reactive ketones (excluding diaryl/α,β-unsaturated/α-hetero) is 2. The van der Waals surface area contributed by atoms with Gasteiger partial charge in [0, 0.05) is 94.1 Å². The summed E-state index contributed by atoms with van der Waals surface area (Å²) in [6, 6.07) is 55.1. The van der Waals surface area contributed by atoms with Gasteiger partial charge in [-0.3, -0.25) is 42.7 Å². The van der Waals surface area contributed by atoms with Gasteiger partial charge in [-0.15, -0.1) is 12.4 Å². The number of carboxylic acid groups (broad SMARTS) is 2. The fraction of sp³-hybridized carbons (Fsp3) is 0.195. The summed E-state index contributed by atoms with van der Waals surface area (Å²) in [6.45, 7) is 0. The van der Waals surface area contributed by atoms with Gasteiger partial charge in [-0.25, -0.2) is 41.5 Å². The summed E-state index contributed by atoms with van der Waals surface area (Å²) in [7, 11) is 9.98. The lowest BCUT2D eigenvalue weighted by Crippen LogP contribution is -2.48. The molecule has 4 heterocycles. The number of halogens is 5. The second kappa shape index (κ2) is 45.4. The normalized spacial score (nSPS) is 12.0. The quantitative estimate of drug-likeness (QED) is 0.0103. The van der Waals surface area contributed by atoms with E-state index < -0.39 is 119 Å². The number of hydrogen-bond donors (Lipinski definition) is 8. The summed E-state index contributed by atoms with van der Waals surface area (Å²) < 4.78 is 73.1. The van der Waals surface area contributed by atoms with Crippen molar-refractivity contribution in [2.45, 2.75) is 62.1 Å². The second-order valence-electron chi connectivity index (χ2n) is 26.6. The highest BCUT2D eigenvalue weighted by molar-refractivity contribution is 6.36. The van der Waals surface area contributed by atoms with Crippen molar-refractivity contribution < 1.29 is 100 Å². The molecule has 0 spiro atoms. The van der Waals surface area contributed by atoms with Crippen LogP contribution >= 0.6 is 12.4 Å². The molecule has 630 valence electrons. The van der Waals surface area contributed by atoms with Crippen LogP contribution in [0.2, 0.25) is 0 Å². The number of aryl methyl sites for hydroxylation is 4. The molecule has 34 heteroatoms. The van der Waals surface area contributed by atoms with Crippen LogP contribution in [0.3, 0.4) is 0 Å². The zero-order valence-electron chi connectivity index (χ0n) is 66.1. The monoisotopic (exact) mass is 1680 g/mol. The SMILES string of the molecule is COC(=O)C(=O)C(Cc1ccccc1)NC(=O)c1cn(C)nc1-c1cccc(F)c1.COC(=O)C(O)C(Cc1ccccc1)NC(=O)c1cn(C)nc1-c1cccc(F)c1.COC(=O)C(O)C(N)Cc1ccccc1.Cl.Cn1cc(C(=O)NC(Cc2ccccc2)C(=O)C(=O)O)c(-c2cccc(F)c2)n1.Cn1cc(C(=O)O)c(-c2cccc(F)c2)n1. The lowest BCUT2D eigenvalue weighted by Gasteiger charge is -2.22. The number of carboxylic acids is 2. The number of benzene rings is 8. The molecule has 121 heavy (non-hydrogen) atoms. The Balaban J connectivity index is 0.000000213. The maximum Gasteiger partial charge on any atom is 0.376 e. The smallest absolute Gasteiger partial charge is 0.376 e. The van der Waals surface area contributed by atoms with Crippen LogP contribution in [0.25, 0.3) is 45.0 Å². The van der Waals surface area contributed by atoms with Crippen molar-refractivity contribution in [2.24, 2.45) is 33.9 Å². The number of nitrogens with zero attached hydrogens (tertiary/aromatic N) is 8. The van der Waals surface area contributed by atoms with Crippen LogP contribution in [-0.4, -0.2) is 176 Å². The van der Waals surface area contributed by atoms with Crippen LogP contribution in [0.5, 0.6) is 0 Å². The number of aromatic carboxylic acids is 1. The van der Waals surface area contributed by atoms with Crippen LogP contribution in [0.15, 0.2) is 243 Å². The first-order chi connectivity index (χ1) is 57.3. The molecule has 6 atom stereocenters. The number of aliphatic hydroxyl groups is 2. The standard InChI is InChI=1S/C22H22FN3O4.C22H20FN3O4.C21H18FN3O4.C11H9FN2O2.C11H15NO3.ClH/c2*1-26-13-17(19(25-26)15-9-6-10-16(23)12-15)21(28)24-18(20(27)22(29)30-2)11-14-7-4-3-5-8-14;1-25-12-16(18(24-25)14-8-5-9-15(22)11-14)20(27)23-17(19(26)21(28)29)10-13-6-3-2-4-7-13;1-14-6-9(11(15)16)10(13-14)7-3-2-4-8(12)5-7;1-15-11(14)10(13)9(12)7-8-5-3-2-4-6-8;/h3-10,12-13,18,20,27H,11H2,1-2H3,(H,24,28);3-10,12-13,18H,11H2,1-2H3,(H,24,28);2-9,11-12,17H,10H2,1H3,(H,23,27)(H,28,29);2-6H,1H3,(H,15,16);2-6,9-10,13H,7,12H2,1H3;1H. The van der Waals surface area contributed by atoms with Gasteiger partial charge in [0.15, 0.2) is 12.2 Å². The van der Waals surface area contributed by atoms with Crippen molar-refractivity contribution in [3.63, 3.8) is 0 Å². The molecule has 3 amide bonds. The maximum absolute atomic E-state index is 13.7. The first-order valence-electron chi connectivity index (χ1n) is 36.5. The van der Waals surface area contributed by atoms with Crippen molar-refractivity contribution in [1.82, 2.24) is 55.1 Å². The zero-order valence-corrected chi connectivity index (χ0v) is 66.9. The Labute approximate surface area is 696 Å². The van der Waals surface area contributed by atoms with Gasteiger partial charge in [0.05, 0.1) is 44.1 Å². The Morgan fingerprint density at radius 3 is 0.975 bits per heavy atom. The Morgan fingerprint density at radius 2 is 0.669 bits per heavy atom. The van der Waals surface area contributed by atoms with Gasteiger partial charge < -0.3 is 56.3 Å². The van der Waals surface area contributed by atoms with E-state index in [0.717, 1.165) is 30.9 Å². The summed E-state index contributed by atoms with van der Waals surface area (Å²) in [5.41, 5.74) is 12.2. The Kier molecular flexibility index (Phi) is 35.1. The predicted molar refractivity (Wildman–Crippen MR) is 437 cm³/mol. The van der Waals surface area contributed by atoms with Crippen molar-refractivity contribution in [2.75, 3.05) is 21.3 Å². The summed E-state index contributed by atoms with van der Waals surface area (Å²) in [5.74, 6) is -11.0. The minimum atomic E-state index is -1.64. The molecule has 4 aromatic heterocycles. The number of hydrogen-bond acceptors (Lipinski definition) is 20. The van der Waals surface area contributed by atoms with Gasteiger partial charge >= 0.3 is 29.8 Å². The molecule has 0 aliphatic heterocycles. The Hall–Kier alpha value is -14.4. The Morgan fingerprint density at radius 1 is 0.380 bits per heavy atom. The largest absolute Gasteiger partial charge is 0.478 e. The molecule has 0 bridgehead atoms. The van der Waals surface area contributed by atoms with Gasteiger partial charge in [0.1, 0.15) is 63.7 Å². The number of carbonyl (C=O) groups excluding carboxylic acids is 8. The summed E-state index contributed by atoms with van der Waals surface area (Å²) in [5, 5.41) is 62.4. The molecule has 0 aliphatic carbocycles. The molecule has 29 nitrogen and oxygen atoms in total. The van der Waals surface area contributed by atoms with E-state index in [2.05, 4.69) is 50.6 Å². The van der Waals surface area contributed by atoms with E-state index in [4.69, 9.17) is 15.9 Å². The lowest BCUT2D eigenvalue weighted by molar-refractivity contribution is -0.152. The first kappa shape index (κ1) is 93.7. The number of nitrogens with one attached hydrogen (secondary N) is 3. The fourth-order valence-corrected chi connectivity index (χ4v) is 11.9. The highest BCUT2D eigenvalue weighted by atomic mass is 35.5. The topological polar surface area (TPSA) is 413 Å². The average Bonchev–Trinajstić information content (AvgIpc) is 1.69. The third kappa shape index (κ3) is 27.3. The number of aliphatic carboxylic acids is 1. The summed E-state index contributed by atoms with van der Waals surface area (Å²) in [4.78, 5) is 120. The third-order valence-corrected chi connectivity index (χ3v) is 17.7. The lowest BCUT2D eigenvalue weighted by atomic mass is 10.00. The van der Waals surface area contributed by atoms with Crippen molar-refractivity contribution >= 4 is 71.5 Å². The van der Waals surface area contributed by atoms with Crippen molar-refractivity contribution in [1.29, 1.82) is 0 Å². The molecule has 0 radical (unpaired) electrons. The fourth-order valence-electron chi connectivity index (χ4n) is 11.9. The number of esters is 3. The van der Waals surface area contributed by atoms with E-state index in [-0.39, 0.29) is 71.0 Å². The molecule has 12 rings (SSSR count). The second-order valence-corrected chi connectivity index (χ2v) is 26.6. The number of nitrogens with two attached hydrogens (primary N) is 1. The Bertz CT molecular complexity index is 5560. The molecule has 6 unspecified atom stereocenters. The number of ketones is 2. The number of ether oxygens (including phenoxy) is 3. The van der Waals surface area contributed by atoms with E-state index in [1.54, 1.807) is 107 Å². The van der Waals surface area contributed by atoms with E-state index in [1.165, 1.54) is 123 Å². The summed E-state index contributed by atoms with van der Waals surface area (Å²) >= 11 is 0. The first-order valence-corrected chi connectivity index (χ1v) is 36.5. The third-order valence-electron chi connectivity index (χ3n) is 17.7. The van der Waals surface area contributed by atoms with Gasteiger partial charge in [-0.2, -0.15) is 20.4 Å². The molecule has 0 aliphatic rings. The molecular formula is C87H85ClF4N12O17. The van der Waals surface area contributed by atoms with Crippen molar-refractivity contribution in [3.8, 4) is 45.0 Å². The maximum atomic E-state index is 13.7. The van der Waals surface area contributed by atoms with E-state index in [9.17, 15) is 75.7 Å². The zero-order chi connectivity index (χ0) is 87.3. The van der Waals surface area contributed by atoms with Crippen LogP contribution in [0.4, 0.5) is 17.6 Å². The van der Waals surface area contributed by atoms with Crippen LogP contribution in [0, 0.1) is 23.3 Å². The molecule has 9 N–H and O–H groups in total. The number of carbonyl (C=O) groups is 10. The van der Waals surface area contributed by atoms with Crippen LogP contribution in [0.1, 0.15) is 63.7 Å². The molecule has 8 aromatic carbocycles. The van der Waals surface area contributed by atoms with Crippen LogP contribution in [-0.2, 0) is 96.9 Å². The number of rotatable bonds is 27. The average molecular weight is 1680 g/mol. The number of methoxy groups -OCH3 is 3. The van der Waals surface area contributed by atoms with Crippen molar-refractivity contribution in [3.05, 3.63) is 311 Å². The van der Waals surface area contributed by atoms with Crippen LogP contribution < -0.4 is 21.7 Å². The molecule has 0 saturated carbocycles. The number of amides is 3. The molecule has 0 saturated heterocycles. The number of aliphatic hydroxyl groups excluding tert-OH is 2. The van der Waals surface area contributed by atoms with Gasteiger partial charge in [0.25, 0.3) is 29.3 Å². The summed E-state index contributed by atoms with van der Waals surface area (Å²) in [6.07, 6.45) is 3.74. The van der Waals surface area contributed by atoms with E-state index in [0.29, 0.717) is 39.9 Å². The van der Waals surface area contributed by atoms with Gasteiger partial charge in [-0.1, -0.05) is 170 Å². The van der Waals surface area contributed by atoms with Gasteiger partial charge in [-0.05, 0) is 83.6 Å².